The molecule has 0 aromatic carbocycles. The fourth-order valence-electron chi connectivity index (χ4n) is 0. The van der Waals surface area contributed by atoms with Crippen molar-refractivity contribution in [3.63, 3.8) is 0 Å². The fourth-order valence-corrected chi connectivity index (χ4v) is 0. The first kappa shape index (κ1) is 36.2. The van der Waals surface area contributed by atoms with Crippen LogP contribution < -0.4 is 99.8 Å². The largest absolute Gasteiger partial charge is 1.00 e. The van der Waals surface area contributed by atoms with Gasteiger partial charge >= 0.3 is 99.8 Å². The minimum absolute atomic E-state index is 0. The van der Waals surface area contributed by atoms with Crippen LogP contribution in [-0.4, -0.2) is 0 Å². The van der Waals surface area contributed by atoms with Crippen LogP contribution in [0.3, 0.4) is 0 Å². The molecule has 78 valence electrons. The van der Waals surface area contributed by atoms with Crippen molar-refractivity contribution in [3.8, 4) is 0 Å². The Morgan fingerprint density at radius 1 is 0.667 bits per heavy atom. The Balaban J connectivity index is -0.0000000184. The number of hydrogen-bond acceptors (Lipinski definition) is 0. The molecule has 0 spiro atoms. The van der Waals surface area contributed by atoms with E-state index >= 15 is 0 Å². The zero-order chi connectivity index (χ0) is 10.2. The van der Waals surface area contributed by atoms with Gasteiger partial charge in [0.05, 0.1) is 0 Å². The zero-order valence-electron chi connectivity index (χ0n) is 12.4. The van der Waals surface area contributed by atoms with E-state index < -0.39 is 0 Å². The third-order valence-corrected chi connectivity index (χ3v) is 1.06. The number of unbranched alkanes of at least 4 members (excludes halogenated alkanes) is 3. The first-order valence-corrected chi connectivity index (χ1v) is 5.12. The van der Waals surface area contributed by atoms with E-state index in [0.29, 0.717) is 0 Å². The Labute approximate surface area is 176 Å². The Kier molecular flexibility index (Phi) is 128. The van der Waals surface area contributed by atoms with Gasteiger partial charge in [0.1, 0.15) is 0 Å². The van der Waals surface area contributed by atoms with E-state index in [4.69, 9.17) is 0 Å². The van der Waals surface area contributed by atoms with E-state index in [1.807, 2.05) is 0 Å². The summed E-state index contributed by atoms with van der Waals surface area (Å²) in [5, 5.41) is 0. The molecular weight excluding hydrogens is 213 g/mol. The van der Waals surface area contributed by atoms with Gasteiger partial charge in [-0.05, 0) is 0 Å². The van der Waals surface area contributed by atoms with Gasteiger partial charge in [0.2, 0.25) is 0 Å². The van der Waals surface area contributed by atoms with Crippen molar-refractivity contribution in [2.45, 2.75) is 59.3 Å². The number of rotatable bonds is 3. The maximum absolute atomic E-state index is 3.60. The van der Waals surface area contributed by atoms with Gasteiger partial charge in [-0.2, -0.15) is 19.3 Å². The molecule has 0 aromatic rings. The van der Waals surface area contributed by atoms with Gasteiger partial charge in [0.15, 0.2) is 0 Å². The molecule has 0 aromatic heterocycles. The predicted molar refractivity (Wildman–Crippen MR) is 60.8 cm³/mol. The van der Waals surface area contributed by atoms with Gasteiger partial charge in [-0.3, -0.25) is 0 Å². The second-order valence-corrected chi connectivity index (χ2v) is 2.56. The van der Waals surface area contributed by atoms with Crippen molar-refractivity contribution in [2.75, 3.05) is 0 Å². The molecule has 0 aliphatic rings. The van der Waals surface area contributed by atoms with Crippen LogP contribution in [0.1, 0.15) is 59.3 Å². The molecule has 0 fully saturated rings. The molecule has 0 nitrogen and oxygen atoms in total. The smallest absolute Gasteiger partial charge is 0.343 e. The molecule has 0 aliphatic heterocycles. The third-order valence-electron chi connectivity index (χ3n) is 1.06. The molecule has 3 heteroatoms. The molecule has 0 radical (unpaired) electrons. The van der Waals surface area contributed by atoms with E-state index in [1.54, 1.807) is 0 Å². The van der Waals surface area contributed by atoms with Crippen molar-refractivity contribution in [3.05, 3.63) is 20.8 Å². The van der Waals surface area contributed by atoms with Crippen LogP contribution in [0.5, 0.6) is 0 Å². The number of hydrogen-bond donors (Lipinski definition) is 0. The van der Waals surface area contributed by atoms with Crippen molar-refractivity contribution in [2.24, 2.45) is 0 Å². The molecule has 0 saturated heterocycles. The molecule has 0 bridgehead atoms. The Bertz CT molecular complexity index is 31.1. The van der Waals surface area contributed by atoms with Gasteiger partial charge in [-0.25, -0.2) is 0 Å². The van der Waals surface area contributed by atoms with Crippen LogP contribution in [0.4, 0.5) is 0 Å². The van der Waals surface area contributed by atoms with Crippen LogP contribution in [0.2, 0.25) is 0 Å². The normalized spacial score (nSPS) is 6.00. The van der Waals surface area contributed by atoms with Gasteiger partial charge in [-0.1, -0.05) is 40.0 Å². The van der Waals surface area contributed by atoms with Gasteiger partial charge in [0, 0.05) is 0 Å². The maximum Gasteiger partial charge on any atom is 1.00 e. The molecular formula is C12H27KLiNa. The summed E-state index contributed by atoms with van der Waals surface area (Å²) in [5.41, 5.74) is 0. The first-order chi connectivity index (χ1) is 5.74. The van der Waals surface area contributed by atoms with Crippen molar-refractivity contribution >= 4 is 0 Å². The molecule has 0 atom stereocenters. The monoisotopic (exact) mass is 240 g/mol. The van der Waals surface area contributed by atoms with Crippen LogP contribution in [0, 0.1) is 20.8 Å². The summed E-state index contributed by atoms with van der Waals surface area (Å²) in [4.78, 5) is 0. The quantitative estimate of drug-likeness (QED) is 0.347. The molecule has 0 aliphatic carbocycles. The second-order valence-electron chi connectivity index (χ2n) is 2.56. The average Bonchev–Trinajstić information content (AvgIpc) is 2.18. The van der Waals surface area contributed by atoms with E-state index in [9.17, 15) is 0 Å². The summed E-state index contributed by atoms with van der Waals surface area (Å²) >= 11 is 0. The van der Waals surface area contributed by atoms with Crippen LogP contribution in [0.15, 0.2) is 0 Å². The van der Waals surface area contributed by atoms with Crippen LogP contribution in [-0.2, 0) is 0 Å². The molecule has 0 heterocycles. The summed E-state index contributed by atoms with van der Waals surface area (Å²) in [5.74, 6) is 0. The molecule has 15 heavy (non-hydrogen) atoms. The predicted octanol–water partition coefficient (Wildman–Crippen LogP) is -4.13. The molecule has 0 N–H and O–H groups in total. The van der Waals surface area contributed by atoms with Crippen molar-refractivity contribution in [1.29, 1.82) is 0 Å². The first-order valence-electron chi connectivity index (χ1n) is 5.12. The molecule has 0 rings (SSSR count). The Morgan fingerprint density at radius 2 is 0.733 bits per heavy atom. The molecule has 0 saturated carbocycles. The minimum atomic E-state index is 0. The average molecular weight is 240 g/mol. The third kappa shape index (κ3) is 103. The Morgan fingerprint density at radius 3 is 0.733 bits per heavy atom. The van der Waals surface area contributed by atoms with E-state index in [1.165, 1.54) is 19.3 Å². The summed E-state index contributed by atoms with van der Waals surface area (Å²) in [6, 6.07) is 0. The van der Waals surface area contributed by atoms with E-state index in [0.717, 1.165) is 19.3 Å². The van der Waals surface area contributed by atoms with Crippen molar-refractivity contribution < 1.29 is 99.8 Å². The maximum atomic E-state index is 3.60. The molecule has 0 unspecified atom stereocenters. The summed E-state index contributed by atoms with van der Waals surface area (Å²) in [6.45, 7) is 17.2. The van der Waals surface area contributed by atoms with Crippen LogP contribution >= 0.6 is 0 Å². The van der Waals surface area contributed by atoms with E-state index in [2.05, 4.69) is 41.5 Å². The van der Waals surface area contributed by atoms with Crippen molar-refractivity contribution in [1.82, 2.24) is 0 Å². The molecule has 0 amide bonds. The van der Waals surface area contributed by atoms with Gasteiger partial charge < -0.3 is 20.8 Å². The summed E-state index contributed by atoms with van der Waals surface area (Å²) in [7, 11) is 0. The summed E-state index contributed by atoms with van der Waals surface area (Å²) in [6.07, 6.45) is 6.83. The van der Waals surface area contributed by atoms with Crippen LogP contribution in [0.25, 0.3) is 0 Å². The standard InChI is InChI=1S/3C4H9.K.Li.Na/c3*1-3-4-2;;;/h3*1,3-4H2,2H3;;;/q3*-1;3*+1. The second kappa shape index (κ2) is 53.3. The van der Waals surface area contributed by atoms with E-state index in [-0.39, 0.29) is 99.8 Å². The SMILES string of the molecule is [CH2-]CCC.[CH2-]CCC.[CH2-]CCC.[K+].[Li+].[Na+]. The fraction of sp³-hybridized carbons (Fsp3) is 0.750. The summed E-state index contributed by atoms with van der Waals surface area (Å²) < 4.78 is 0. The van der Waals surface area contributed by atoms with Gasteiger partial charge in [-0.15, -0.1) is 0 Å². The van der Waals surface area contributed by atoms with Gasteiger partial charge in [0.25, 0.3) is 0 Å². The minimum Gasteiger partial charge on any atom is -0.343 e. The Hall–Kier alpha value is 3.23. The topological polar surface area (TPSA) is 0 Å². The zero-order valence-corrected chi connectivity index (χ0v) is 17.5.